The van der Waals surface area contributed by atoms with Crippen molar-refractivity contribution in [3.63, 3.8) is 0 Å². The smallest absolute Gasteiger partial charge is 0.160 e. The van der Waals surface area contributed by atoms with E-state index in [0.717, 1.165) is 34.5 Å². The Labute approximate surface area is 211 Å². The summed E-state index contributed by atoms with van der Waals surface area (Å²) in [5.41, 5.74) is 4.80. The van der Waals surface area contributed by atoms with Crippen molar-refractivity contribution in [2.24, 2.45) is 17.3 Å². The van der Waals surface area contributed by atoms with Gasteiger partial charge < -0.3 is 19.7 Å². The van der Waals surface area contributed by atoms with Crippen LogP contribution in [0.25, 0.3) is 0 Å². The molecule has 0 bridgehead atoms. The van der Waals surface area contributed by atoms with Gasteiger partial charge in [0.15, 0.2) is 11.5 Å². The fraction of sp³-hybridized carbons (Fsp3) is 0.613. The second kappa shape index (κ2) is 11.3. The highest BCUT2D eigenvalue weighted by atomic mass is 16.5. The molecular weight excluding hydrogens is 436 g/mol. The first kappa shape index (κ1) is 26.0. The van der Waals surface area contributed by atoms with Crippen molar-refractivity contribution < 1.29 is 19.7 Å². The third-order valence-corrected chi connectivity index (χ3v) is 9.48. The second-order valence-electron chi connectivity index (χ2n) is 11.4. The molecule has 4 heteroatoms. The molecule has 0 saturated heterocycles. The maximum absolute atomic E-state index is 9.68. The molecule has 192 valence electrons. The van der Waals surface area contributed by atoms with Crippen molar-refractivity contribution in [1.29, 1.82) is 0 Å². The molecule has 0 aromatic heterocycles. The Hall–Kier alpha value is -2.04. The van der Waals surface area contributed by atoms with Crippen molar-refractivity contribution >= 4 is 0 Å². The zero-order valence-electron chi connectivity index (χ0n) is 22.1. The van der Waals surface area contributed by atoms with E-state index in [1.165, 1.54) is 62.5 Å². The molecule has 0 spiro atoms. The summed E-state index contributed by atoms with van der Waals surface area (Å²) in [6, 6.07) is 12.7. The molecule has 2 aliphatic carbocycles. The largest absolute Gasteiger partial charge is 0.493 e. The van der Waals surface area contributed by atoms with Crippen LogP contribution in [0.1, 0.15) is 99.3 Å². The van der Waals surface area contributed by atoms with Crippen LogP contribution in [-0.2, 0) is 13.2 Å². The summed E-state index contributed by atoms with van der Waals surface area (Å²) in [5, 5.41) is 19.2. The summed E-state index contributed by atoms with van der Waals surface area (Å²) in [4.78, 5) is 0. The normalized spacial score (nSPS) is 25.3. The molecule has 0 unspecified atom stereocenters. The molecule has 2 aliphatic rings. The highest BCUT2D eigenvalue weighted by molar-refractivity contribution is 5.44. The number of aliphatic hydroxyl groups excluding tert-OH is 2. The molecule has 4 nitrogen and oxygen atoms in total. The minimum absolute atomic E-state index is 0.00189. The van der Waals surface area contributed by atoms with Crippen LogP contribution in [0.2, 0.25) is 0 Å². The van der Waals surface area contributed by atoms with E-state index >= 15 is 0 Å². The predicted molar refractivity (Wildman–Crippen MR) is 141 cm³/mol. The molecule has 2 aromatic rings. The molecule has 35 heavy (non-hydrogen) atoms. The number of methoxy groups -OCH3 is 2. The highest BCUT2D eigenvalue weighted by Crippen LogP contribution is 2.52. The number of rotatable bonds is 8. The quantitative estimate of drug-likeness (QED) is 0.429. The van der Waals surface area contributed by atoms with E-state index in [4.69, 9.17) is 9.47 Å². The van der Waals surface area contributed by atoms with Crippen molar-refractivity contribution in [3.8, 4) is 11.5 Å². The number of aliphatic hydroxyl groups is 2. The maximum Gasteiger partial charge on any atom is 0.160 e. The predicted octanol–water partition coefficient (Wildman–Crippen LogP) is 6.96. The van der Waals surface area contributed by atoms with Crippen LogP contribution in [0.3, 0.4) is 0 Å². The molecular formula is C31H44O4. The lowest BCUT2D eigenvalue weighted by Crippen LogP contribution is -2.36. The summed E-state index contributed by atoms with van der Waals surface area (Å²) >= 11 is 0. The van der Waals surface area contributed by atoms with Crippen molar-refractivity contribution in [2.75, 3.05) is 14.2 Å². The first-order chi connectivity index (χ1) is 16.9. The molecule has 0 aliphatic heterocycles. The lowest BCUT2D eigenvalue weighted by atomic mass is 9.58. The van der Waals surface area contributed by atoms with Crippen molar-refractivity contribution in [1.82, 2.24) is 0 Å². The fourth-order valence-corrected chi connectivity index (χ4v) is 6.98. The minimum Gasteiger partial charge on any atom is -0.493 e. The third kappa shape index (κ3) is 5.54. The summed E-state index contributed by atoms with van der Waals surface area (Å²) in [5.74, 6) is 4.38. The molecule has 2 fully saturated rings. The molecule has 4 rings (SSSR count). The second-order valence-corrected chi connectivity index (χ2v) is 11.4. The molecule has 2 saturated carbocycles. The highest BCUT2D eigenvalue weighted by Gasteiger charge is 2.40. The van der Waals surface area contributed by atoms with Gasteiger partial charge in [-0.25, -0.2) is 0 Å². The van der Waals surface area contributed by atoms with E-state index in [0.29, 0.717) is 17.3 Å². The molecule has 2 N–H and O–H groups in total. The third-order valence-electron chi connectivity index (χ3n) is 9.48. The Morgan fingerprint density at radius 2 is 1.14 bits per heavy atom. The van der Waals surface area contributed by atoms with Gasteiger partial charge in [-0.05, 0) is 115 Å². The van der Waals surface area contributed by atoms with Crippen LogP contribution in [0.15, 0.2) is 36.4 Å². The van der Waals surface area contributed by atoms with Gasteiger partial charge in [-0.15, -0.1) is 0 Å². The van der Waals surface area contributed by atoms with Crippen molar-refractivity contribution in [3.05, 3.63) is 58.7 Å². The number of hydrogen-bond acceptors (Lipinski definition) is 4. The van der Waals surface area contributed by atoms with Gasteiger partial charge in [-0.2, -0.15) is 0 Å². The van der Waals surface area contributed by atoms with Gasteiger partial charge >= 0.3 is 0 Å². The molecule has 0 heterocycles. The fourth-order valence-electron chi connectivity index (χ4n) is 6.98. The Balaban J connectivity index is 1.34. The van der Waals surface area contributed by atoms with E-state index in [2.05, 4.69) is 38.1 Å². The SMILES string of the molecule is COc1ccc(C2CCC(C(C)(C)C3CCC(c4ccc(CO)c(CO)c4)CC3)CC2)cc1OC. The summed E-state index contributed by atoms with van der Waals surface area (Å²) in [6.07, 6.45) is 10.1. The Bertz CT molecular complexity index is 888. The monoisotopic (exact) mass is 480 g/mol. The number of benzene rings is 2. The molecule has 2 aromatic carbocycles. The maximum atomic E-state index is 9.68. The number of ether oxygens (including phenoxy) is 2. The van der Waals surface area contributed by atoms with Gasteiger partial charge in [-0.1, -0.05) is 38.1 Å². The van der Waals surface area contributed by atoms with E-state index < -0.39 is 0 Å². The lowest BCUT2D eigenvalue weighted by molar-refractivity contribution is 0.0513. The van der Waals surface area contributed by atoms with E-state index in [1.807, 2.05) is 12.1 Å². The Morgan fingerprint density at radius 1 is 0.657 bits per heavy atom. The zero-order valence-corrected chi connectivity index (χ0v) is 22.1. The molecule has 0 atom stereocenters. The zero-order chi connectivity index (χ0) is 25.0. The minimum atomic E-state index is -0.00857. The number of hydrogen-bond donors (Lipinski definition) is 2. The average molecular weight is 481 g/mol. The van der Waals surface area contributed by atoms with Crippen LogP contribution in [0.5, 0.6) is 11.5 Å². The van der Waals surface area contributed by atoms with E-state index in [1.54, 1.807) is 14.2 Å². The van der Waals surface area contributed by atoms with Crippen LogP contribution in [0.4, 0.5) is 0 Å². The first-order valence-corrected chi connectivity index (χ1v) is 13.5. The summed E-state index contributed by atoms with van der Waals surface area (Å²) in [7, 11) is 3.41. The Morgan fingerprint density at radius 3 is 1.63 bits per heavy atom. The topological polar surface area (TPSA) is 58.9 Å². The van der Waals surface area contributed by atoms with Crippen molar-refractivity contribution in [2.45, 2.75) is 90.3 Å². The van der Waals surface area contributed by atoms with E-state index in [9.17, 15) is 10.2 Å². The van der Waals surface area contributed by atoms with Gasteiger partial charge in [0.1, 0.15) is 0 Å². The van der Waals surface area contributed by atoms with Gasteiger partial charge in [-0.3, -0.25) is 0 Å². The molecule has 0 radical (unpaired) electrons. The van der Waals surface area contributed by atoms with Gasteiger partial charge in [0.2, 0.25) is 0 Å². The van der Waals surface area contributed by atoms with Gasteiger partial charge in [0.05, 0.1) is 27.4 Å². The van der Waals surface area contributed by atoms with Gasteiger partial charge in [0.25, 0.3) is 0 Å². The van der Waals surface area contributed by atoms with Crippen LogP contribution in [0, 0.1) is 17.3 Å². The van der Waals surface area contributed by atoms with Crippen LogP contribution >= 0.6 is 0 Å². The lowest BCUT2D eigenvalue weighted by Gasteiger charge is -2.47. The van der Waals surface area contributed by atoms with Gasteiger partial charge in [0, 0.05) is 0 Å². The first-order valence-electron chi connectivity index (χ1n) is 13.5. The Kier molecular flexibility index (Phi) is 8.44. The summed E-state index contributed by atoms with van der Waals surface area (Å²) < 4.78 is 11.0. The standard InChI is InChI=1S/C31H44O4/c1-31(2,27-12-7-21(8-13-27)23-5-6-25(19-32)26(17-23)20-33)28-14-9-22(10-15-28)24-11-16-29(34-3)30(18-24)35-4/h5-6,11,16-18,21-22,27-28,32-33H,7-10,12-15,19-20H2,1-4H3. The average Bonchev–Trinajstić information content (AvgIpc) is 2.92. The van der Waals surface area contributed by atoms with Crippen LogP contribution in [-0.4, -0.2) is 24.4 Å². The molecule has 0 amide bonds. The summed E-state index contributed by atoms with van der Waals surface area (Å²) in [6.45, 7) is 5.04. The van der Waals surface area contributed by atoms with Crippen LogP contribution < -0.4 is 9.47 Å². The van der Waals surface area contributed by atoms with E-state index in [-0.39, 0.29) is 13.2 Å².